The summed E-state index contributed by atoms with van der Waals surface area (Å²) in [5, 5.41) is 16.3. The predicted octanol–water partition coefficient (Wildman–Crippen LogP) is 4.36. The molecule has 0 saturated carbocycles. The molecule has 0 unspecified atom stereocenters. The van der Waals surface area contributed by atoms with E-state index in [4.69, 9.17) is 11.6 Å². The van der Waals surface area contributed by atoms with Crippen LogP contribution in [0.15, 0.2) is 34.1 Å². The van der Waals surface area contributed by atoms with Gasteiger partial charge in [-0.25, -0.2) is 0 Å². The van der Waals surface area contributed by atoms with Crippen LogP contribution in [0, 0.1) is 10.1 Å². The lowest BCUT2D eigenvalue weighted by Crippen LogP contribution is -2.12. The molecule has 19 heavy (non-hydrogen) atoms. The van der Waals surface area contributed by atoms with Gasteiger partial charge in [0.2, 0.25) is 0 Å². The molecule has 0 radical (unpaired) electrons. The highest BCUT2D eigenvalue weighted by atomic mass is 79.9. The third-order valence-corrected chi connectivity index (χ3v) is 4.53. The molecule has 0 aliphatic rings. The molecule has 0 atom stereocenters. The van der Waals surface area contributed by atoms with Gasteiger partial charge in [-0.3, -0.25) is 10.1 Å². The fourth-order valence-corrected chi connectivity index (χ4v) is 3.22. The van der Waals surface area contributed by atoms with Gasteiger partial charge in [-0.2, -0.15) is 0 Å². The molecule has 1 aromatic carbocycles. The number of nitrogens with one attached hydrogen (secondary N) is 1. The topological polar surface area (TPSA) is 55.2 Å². The average molecular weight is 362 g/mol. The number of hydrogen-bond donors (Lipinski definition) is 1. The monoisotopic (exact) mass is 360 g/mol. The number of nitrogens with zero attached hydrogens (tertiary/aromatic N) is 1. The van der Waals surface area contributed by atoms with Crippen LogP contribution in [-0.4, -0.2) is 4.92 Å². The highest BCUT2D eigenvalue weighted by Gasteiger charge is 2.09. The second-order valence-electron chi connectivity index (χ2n) is 3.87. The Balaban J connectivity index is 1.94. The number of hydrogen-bond acceptors (Lipinski definition) is 4. The van der Waals surface area contributed by atoms with E-state index in [2.05, 4.69) is 27.3 Å². The molecule has 1 heterocycles. The third kappa shape index (κ3) is 4.01. The summed E-state index contributed by atoms with van der Waals surface area (Å²) in [4.78, 5) is 11.4. The first-order chi connectivity index (χ1) is 9.06. The molecule has 100 valence electrons. The van der Waals surface area contributed by atoms with E-state index in [1.165, 1.54) is 17.0 Å². The summed E-state index contributed by atoms with van der Waals surface area (Å²) in [6.07, 6.45) is 0. The van der Waals surface area contributed by atoms with Crippen LogP contribution in [-0.2, 0) is 13.1 Å². The van der Waals surface area contributed by atoms with Crippen LogP contribution in [0.2, 0.25) is 5.02 Å². The van der Waals surface area contributed by atoms with Crippen LogP contribution in [0.5, 0.6) is 0 Å². The Bertz CT molecular complexity index is 603. The largest absolute Gasteiger partial charge is 0.308 e. The van der Waals surface area contributed by atoms with Crippen molar-refractivity contribution in [2.75, 3.05) is 0 Å². The van der Waals surface area contributed by atoms with Gasteiger partial charge in [-0.15, -0.1) is 11.3 Å². The molecule has 0 spiro atoms. The summed E-state index contributed by atoms with van der Waals surface area (Å²) in [7, 11) is 0. The standard InChI is InChI=1S/C12H10BrClN2O2S/c13-9-3-11(19-7-9)6-15-5-8-1-2-10(16(17)18)4-12(8)14/h1-4,7,15H,5-6H2. The Labute approximate surface area is 127 Å². The van der Waals surface area contributed by atoms with E-state index < -0.39 is 4.92 Å². The van der Waals surface area contributed by atoms with Crippen molar-refractivity contribution in [1.82, 2.24) is 5.32 Å². The average Bonchev–Trinajstić information content (AvgIpc) is 2.77. The van der Waals surface area contributed by atoms with E-state index in [1.54, 1.807) is 17.4 Å². The van der Waals surface area contributed by atoms with Crippen LogP contribution in [0.25, 0.3) is 0 Å². The maximum Gasteiger partial charge on any atom is 0.270 e. The SMILES string of the molecule is O=[N+]([O-])c1ccc(CNCc2cc(Br)cs2)c(Cl)c1. The highest BCUT2D eigenvalue weighted by molar-refractivity contribution is 9.10. The van der Waals surface area contributed by atoms with Crippen LogP contribution >= 0.6 is 38.9 Å². The van der Waals surface area contributed by atoms with Crippen molar-refractivity contribution >= 4 is 44.6 Å². The molecule has 1 aromatic heterocycles. The normalized spacial score (nSPS) is 10.6. The first kappa shape index (κ1) is 14.5. The van der Waals surface area contributed by atoms with Crippen molar-refractivity contribution in [3.63, 3.8) is 0 Å². The number of benzene rings is 1. The van der Waals surface area contributed by atoms with Crippen LogP contribution in [0.1, 0.15) is 10.4 Å². The molecular formula is C12H10BrClN2O2S. The molecular weight excluding hydrogens is 352 g/mol. The second kappa shape index (κ2) is 6.47. The molecule has 7 heteroatoms. The van der Waals surface area contributed by atoms with Crippen molar-refractivity contribution in [2.24, 2.45) is 0 Å². The van der Waals surface area contributed by atoms with Crippen LogP contribution in [0.4, 0.5) is 5.69 Å². The molecule has 0 amide bonds. The molecule has 0 aliphatic carbocycles. The van der Waals surface area contributed by atoms with Gasteiger partial charge in [0, 0.05) is 40.0 Å². The number of nitro benzene ring substituents is 1. The maximum atomic E-state index is 10.6. The Morgan fingerprint density at radius 2 is 2.16 bits per heavy atom. The molecule has 0 saturated heterocycles. The van der Waals surface area contributed by atoms with Crippen LogP contribution in [0.3, 0.4) is 0 Å². The third-order valence-electron chi connectivity index (χ3n) is 2.48. The first-order valence-corrected chi connectivity index (χ1v) is 7.48. The molecule has 2 aromatic rings. The molecule has 1 N–H and O–H groups in total. The minimum absolute atomic E-state index is 0.0101. The van der Waals surface area contributed by atoms with Gasteiger partial charge >= 0.3 is 0 Å². The van der Waals surface area contributed by atoms with Crippen molar-refractivity contribution in [2.45, 2.75) is 13.1 Å². The van der Waals surface area contributed by atoms with E-state index in [-0.39, 0.29) is 5.69 Å². The summed E-state index contributed by atoms with van der Waals surface area (Å²) < 4.78 is 1.07. The minimum atomic E-state index is -0.452. The zero-order valence-corrected chi connectivity index (χ0v) is 12.9. The first-order valence-electron chi connectivity index (χ1n) is 5.42. The number of thiophene rings is 1. The van der Waals surface area contributed by atoms with Gasteiger partial charge in [-0.1, -0.05) is 11.6 Å². The van der Waals surface area contributed by atoms with Gasteiger partial charge in [0.1, 0.15) is 0 Å². The fourth-order valence-electron chi connectivity index (χ4n) is 1.56. The Hall–Kier alpha value is -0.950. The smallest absolute Gasteiger partial charge is 0.270 e. The van der Waals surface area contributed by atoms with Gasteiger partial charge in [-0.05, 0) is 33.6 Å². The van der Waals surface area contributed by atoms with Gasteiger partial charge in [0.05, 0.1) is 9.95 Å². The molecule has 0 fully saturated rings. The Morgan fingerprint density at radius 1 is 1.37 bits per heavy atom. The summed E-state index contributed by atoms with van der Waals surface area (Å²) >= 11 is 11.1. The van der Waals surface area contributed by atoms with Crippen molar-refractivity contribution in [1.29, 1.82) is 0 Å². The summed E-state index contributed by atoms with van der Waals surface area (Å²) in [5.74, 6) is 0. The van der Waals surface area contributed by atoms with Crippen molar-refractivity contribution in [3.8, 4) is 0 Å². The molecule has 0 aliphatic heterocycles. The lowest BCUT2D eigenvalue weighted by Gasteiger charge is -2.05. The van der Waals surface area contributed by atoms with Gasteiger partial charge in [0.25, 0.3) is 5.69 Å². The number of halogens is 2. The summed E-state index contributed by atoms with van der Waals surface area (Å²) in [6.45, 7) is 1.32. The zero-order valence-electron chi connectivity index (χ0n) is 9.73. The van der Waals surface area contributed by atoms with E-state index >= 15 is 0 Å². The lowest BCUT2D eigenvalue weighted by molar-refractivity contribution is -0.384. The van der Waals surface area contributed by atoms with Crippen molar-refractivity contribution in [3.05, 3.63) is 59.7 Å². The summed E-state index contributed by atoms with van der Waals surface area (Å²) in [6, 6.07) is 6.57. The predicted molar refractivity (Wildman–Crippen MR) is 80.7 cm³/mol. The number of nitro groups is 1. The maximum absolute atomic E-state index is 10.6. The number of non-ortho nitro benzene ring substituents is 1. The highest BCUT2D eigenvalue weighted by Crippen LogP contribution is 2.23. The summed E-state index contributed by atoms with van der Waals surface area (Å²) in [5.41, 5.74) is 0.860. The van der Waals surface area contributed by atoms with E-state index in [0.717, 1.165) is 16.6 Å². The number of rotatable bonds is 5. The Kier molecular flexibility index (Phi) is 4.93. The van der Waals surface area contributed by atoms with E-state index in [0.29, 0.717) is 11.6 Å². The Morgan fingerprint density at radius 3 is 2.74 bits per heavy atom. The van der Waals surface area contributed by atoms with Crippen LogP contribution < -0.4 is 5.32 Å². The fraction of sp³-hybridized carbons (Fsp3) is 0.167. The van der Waals surface area contributed by atoms with Gasteiger partial charge < -0.3 is 5.32 Å². The lowest BCUT2D eigenvalue weighted by atomic mass is 10.2. The zero-order chi connectivity index (χ0) is 13.8. The molecule has 4 nitrogen and oxygen atoms in total. The quantitative estimate of drug-likeness (QED) is 0.636. The van der Waals surface area contributed by atoms with E-state index in [9.17, 15) is 10.1 Å². The minimum Gasteiger partial charge on any atom is -0.308 e. The second-order valence-corrected chi connectivity index (χ2v) is 6.19. The van der Waals surface area contributed by atoms with Crippen molar-refractivity contribution < 1.29 is 4.92 Å². The molecule has 0 bridgehead atoms. The molecule has 2 rings (SSSR count). The van der Waals surface area contributed by atoms with Gasteiger partial charge in [0.15, 0.2) is 0 Å². The van der Waals surface area contributed by atoms with E-state index in [1.807, 2.05) is 5.38 Å².